The summed E-state index contributed by atoms with van der Waals surface area (Å²) in [6.07, 6.45) is 4.72. The molecule has 38 heavy (non-hydrogen) atoms. The summed E-state index contributed by atoms with van der Waals surface area (Å²) in [5.74, 6) is 2.57. The molecule has 200 valence electrons. The first-order chi connectivity index (χ1) is 18.5. The van der Waals surface area contributed by atoms with Crippen LogP contribution < -0.4 is 14.8 Å². The number of hydrogen-bond acceptors (Lipinski definition) is 4. The molecule has 0 atom stereocenters. The monoisotopic (exact) mass is 533 g/mol. The molecule has 0 unspecified atom stereocenters. The SMILES string of the molecule is COc1cccc(C(=O)NCCCCCc2nc3ccccc3n2CCCOc2cc(C)c(Cl)c(C)c2)c1. The van der Waals surface area contributed by atoms with Crippen molar-refractivity contribution in [2.45, 2.75) is 52.5 Å². The molecule has 0 radical (unpaired) electrons. The fourth-order valence-electron chi connectivity index (χ4n) is 4.62. The van der Waals surface area contributed by atoms with E-state index in [1.54, 1.807) is 19.2 Å². The Morgan fingerprint density at radius 3 is 2.53 bits per heavy atom. The van der Waals surface area contributed by atoms with Crippen molar-refractivity contribution in [3.8, 4) is 11.5 Å². The number of ether oxygens (including phenoxy) is 2. The highest BCUT2D eigenvalue weighted by Gasteiger charge is 2.11. The topological polar surface area (TPSA) is 65.4 Å². The molecule has 0 aliphatic heterocycles. The Balaban J connectivity index is 1.25. The van der Waals surface area contributed by atoms with Gasteiger partial charge in [0.25, 0.3) is 5.91 Å². The molecule has 0 aliphatic carbocycles. The van der Waals surface area contributed by atoms with E-state index in [1.807, 2.05) is 44.2 Å². The van der Waals surface area contributed by atoms with Gasteiger partial charge in [0.05, 0.1) is 24.8 Å². The molecule has 0 aliphatic rings. The lowest BCUT2D eigenvalue weighted by Gasteiger charge is -2.12. The van der Waals surface area contributed by atoms with Gasteiger partial charge in [-0.05, 0) is 86.7 Å². The number of methoxy groups -OCH3 is 1. The molecule has 0 fully saturated rings. The molecular formula is C31H36ClN3O3. The summed E-state index contributed by atoms with van der Waals surface area (Å²) in [4.78, 5) is 17.3. The third-order valence-corrected chi connectivity index (χ3v) is 7.23. The van der Waals surface area contributed by atoms with Crippen molar-refractivity contribution in [3.63, 3.8) is 0 Å². The molecule has 1 aromatic heterocycles. The van der Waals surface area contributed by atoms with Crippen molar-refractivity contribution in [1.82, 2.24) is 14.9 Å². The van der Waals surface area contributed by atoms with E-state index in [9.17, 15) is 4.79 Å². The zero-order chi connectivity index (χ0) is 26.9. The summed E-state index contributed by atoms with van der Waals surface area (Å²) in [6.45, 7) is 6.12. The first kappa shape index (κ1) is 27.5. The fraction of sp³-hybridized carbons (Fsp3) is 0.355. The highest BCUT2D eigenvalue weighted by atomic mass is 35.5. The number of para-hydroxylation sites is 2. The Hall–Kier alpha value is -3.51. The number of carbonyl (C=O) groups excluding carboxylic acids is 1. The molecule has 0 spiro atoms. The molecule has 1 heterocycles. The highest BCUT2D eigenvalue weighted by molar-refractivity contribution is 6.32. The van der Waals surface area contributed by atoms with Gasteiger partial charge in [-0.15, -0.1) is 0 Å². The first-order valence-electron chi connectivity index (χ1n) is 13.2. The van der Waals surface area contributed by atoms with Gasteiger partial charge in [0.2, 0.25) is 0 Å². The van der Waals surface area contributed by atoms with Gasteiger partial charge in [-0.1, -0.05) is 36.2 Å². The predicted molar refractivity (Wildman–Crippen MR) is 154 cm³/mol. The van der Waals surface area contributed by atoms with Crippen molar-refractivity contribution in [3.05, 3.63) is 88.2 Å². The van der Waals surface area contributed by atoms with E-state index in [1.165, 1.54) is 0 Å². The van der Waals surface area contributed by atoms with Crippen LogP contribution in [0.3, 0.4) is 0 Å². The number of nitrogens with one attached hydrogen (secondary N) is 1. The number of carbonyl (C=O) groups is 1. The fourth-order valence-corrected chi connectivity index (χ4v) is 4.73. The average Bonchev–Trinajstić information content (AvgIpc) is 3.28. The van der Waals surface area contributed by atoms with Crippen molar-refractivity contribution in [1.29, 1.82) is 0 Å². The van der Waals surface area contributed by atoms with Crippen molar-refractivity contribution >= 4 is 28.5 Å². The second kappa shape index (κ2) is 13.3. The number of hydrogen-bond donors (Lipinski definition) is 1. The third kappa shape index (κ3) is 7.07. The smallest absolute Gasteiger partial charge is 0.251 e. The summed E-state index contributed by atoms with van der Waals surface area (Å²) in [5.41, 5.74) is 4.86. The lowest BCUT2D eigenvalue weighted by molar-refractivity contribution is 0.0952. The maximum Gasteiger partial charge on any atom is 0.251 e. The van der Waals surface area contributed by atoms with E-state index in [2.05, 4.69) is 28.1 Å². The zero-order valence-corrected chi connectivity index (χ0v) is 23.2. The molecule has 4 rings (SSSR count). The normalized spacial score (nSPS) is 11.1. The summed E-state index contributed by atoms with van der Waals surface area (Å²) in [5, 5.41) is 3.80. The van der Waals surface area contributed by atoms with Crippen molar-refractivity contribution < 1.29 is 14.3 Å². The first-order valence-corrected chi connectivity index (χ1v) is 13.6. The van der Waals surface area contributed by atoms with Crippen LogP contribution >= 0.6 is 11.6 Å². The summed E-state index contributed by atoms with van der Waals surface area (Å²) >= 11 is 6.28. The Morgan fingerprint density at radius 1 is 0.947 bits per heavy atom. The van der Waals surface area contributed by atoms with E-state index < -0.39 is 0 Å². The van der Waals surface area contributed by atoms with Crippen LogP contribution in [0.25, 0.3) is 11.0 Å². The number of benzene rings is 3. The Bertz CT molecular complexity index is 1360. The van der Waals surface area contributed by atoms with Crippen LogP contribution in [0, 0.1) is 13.8 Å². The number of nitrogens with zero attached hydrogens (tertiary/aromatic N) is 2. The van der Waals surface area contributed by atoms with Gasteiger partial charge in [-0.25, -0.2) is 4.98 Å². The quantitative estimate of drug-likeness (QED) is 0.189. The molecule has 7 heteroatoms. The molecule has 0 saturated carbocycles. The standard InChI is InChI=1S/C31H36ClN3O3/c1-22-19-26(20-23(2)30(22)32)38-18-10-17-35-28-14-7-6-13-27(28)34-29(35)15-5-4-8-16-33-31(36)24-11-9-12-25(21-24)37-3/h6-7,9,11-14,19-21H,4-5,8,10,15-18H2,1-3H3,(H,33,36). The second-order valence-electron chi connectivity index (χ2n) is 9.54. The van der Waals surface area contributed by atoms with Gasteiger partial charge in [0, 0.05) is 30.1 Å². The highest BCUT2D eigenvalue weighted by Crippen LogP contribution is 2.26. The number of aromatic nitrogens is 2. The minimum atomic E-state index is -0.0724. The molecule has 0 bridgehead atoms. The number of halogens is 1. The average molecular weight is 534 g/mol. The molecule has 1 N–H and O–H groups in total. The van der Waals surface area contributed by atoms with Crippen molar-refractivity contribution in [2.24, 2.45) is 0 Å². The van der Waals surface area contributed by atoms with E-state index in [0.717, 1.165) is 77.4 Å². The van der Waals surface area contributed by atoms with Crippen LogP contribution in [0.2, 0.25) is 5.02 Å². The van der Waals surface area contributed by atoms with Crippen LogP contribution in [0.5, 0.6) is 11.5 Å². The minimum absolute atomic E-state index is 0.0724. The maximum absolute atomic E-state index is 12.4. The van der Waals surface area contributed by atoms with E-state index >= 15 is 0 Å². The lowest BCUT2D eigenvalue weighted by Crippen LogP contribution is -2.24. The molecular weight excluding hydrogens is 498 g/mol. The number of amides is 1. The predicted octanol–water partition coefficient (Wildman–Crippen LogP) is 6.93. The van der Waals surface area contributed by atoms with Crippen LogP contribution in [-0.2, 0) is 13.0 Å². The summed E-state index contributed by atoms with van der Waals surface area (Å²) < 4.78 is 13.5. The minimum Gasteiger partial charge on any atom is -0.497 e. The van der Waals surface area contributed by atoms with Crippen molar-refractivity contribution in [2.75, 3.05) is 20.3 Å². The summed E-state index contributed by atoms with van der Waals surface area (Å²) in [7, 11) is 1.60. The van der Waals surface area contributed by atoms with Crippen LogP contribution in [0.15, 0.2) is 60.7 Å². The Morgan fingerprint density at radius 2 is 1.74 bits per heavy atom. The third-order valence-electron chi connectivity index (χ3n) is 6.63. The van der Waals surface area contributed by atoms with Gasteiger partial charge >= 0.3 is 0 Å². The number of unbranched alkanes of at least 4 members (excludes halogenated alkanes) is 2. The number of rotatable bonds is 13. The number of imidazole rings is 1. The summed E-state index contributed by atoms with van der Waals surface area (Å²) in [6, 6.07) is 19.5. The van der Waals surface area contributed by atoms with Crippen LogP contribution in [0.1, 0.15) is 53.0 Å². The van der Waals surface area contributed by atoms with Gasteiger partial charge in [0.15, 0.2) is 0 Å². The van der Waals surface area contributed by atoms with Gasteiger partial charge in [0.1, 0.15) is 17.3 Å². The van der Waals surface area contributed by atoms with E-state index in [-0.39, 0.29) is 5.91 Å². The largest absolute Gasteiger partial charge is 0.497 e. The Kier molecular flexibility index (Phi) is 9.66. The molecule has 3 aromatic carbocycles. The Labute approximate surface area is 229 Å². The van der Waals surface area contributed by atoms with Gasteiger partial charge in [-0.2, -0.15) is 0 Å². The lowest BCUT2D eigenvalue weighted by atomic mass is 10.1. The second-order valence-corrected chi connectivity index (χ2v) is 9.92. The maximum atomic E-state index is 12.4. The molecule has 6 nitrogen and oxygen atoms in total. The zero-order valence-electron chi connectivity index (χ0n) is 22.4. The van der Waals surface area contributed by atoms with E-state index in [0.29, 0.717) is 24.5 Å². The van der Waals surface area contributed by atoms with E-state index in [4.69, 9.17) is 26.1 Å². The van der Waals surface area contributed by atoms with Crippen LogP contribution in [-0.4, -0.2) is 35.7 Å². The molecule has 4 aromatic rings. The van der Waals surface area contributed by atoms with Crippen LogP contribution in [0.4, 0.5) is 0 Å². The number of aryl methyl sites for hydroxylation is 4. The van der Waals surface area contributed by atoms with Gasteiger partial charge in [-0.3, -0.25) is 4.79 Å². The molecule has 0 saturated heterocycles. The number of fused-ring (bicyclic) bond motifs is 1. The molecule has 1 amide bonds. The van der Waals surface area contributed by atoms with Gasteiger partial charge < -0.3 is 19.4 Å².